The smallest absolute Gasteiger partial charge is 0.421 e. The third kappa shape index (κ3) is 6.11. The second kappa shape index (κ2) is 12.0. The van der Waals surface area contributed by atoms with Gasteiger partial charge in [-0.25, -0.2) is 11.0 Å². The number of fused-ring (bicyclic) bond motifs is 1. The lowest BCUT2D eigenvalue weighted by Crippen LogP contribution is -2.56. The number of nitrogens with zero attached hydrogens (tertiary/aromatic N) is 7. The zero-order valence-electron chi connectivity index (χ0n) is 24.3. The molecule has 3 aliphatic heterocycles. The molecule has 0 saturated carbocycles. The topological polar surface area (TPSA) is 69.4 Å². The Balaban J connectivity index is 1.50. The average molecular weight is 602 g/mol. The van der Waals surface area contributed by atoms with Crippen molar-refractivity contribution in [3.8, 4) is 6.01 Å². The van der Waals surface area contributed by atoms with E-state index in [9.17, 15) is 22.4 Å². The van der Waals surface area contributed by atoms with Crippen LogP contribution in [0.4, 0.5) is 29.1 Å². The molecule has 230 valence electrons. The highest BCUT2D eigenvalue weighted by molar-refractivity contribution is 5.87. The summed E-state index contributed by atoms with van der Waals surface area (Å²) in [5.41, 5.74) is -0.491. The number of benzene rings is 1. The van der Waals surface area contributed by atoms with E-state index in [0.717, 1.165) is 31.0 Å². The lowest BCUT2D eigenvalue weighted by Gasteiger charge is -2.41. The maximum atomic E-state index is 14.4. The number of halogens is 4. The van der Waals surface area contributed by atoms with Crippen molar-refractivity contribution < 1.29 is 27.1 Å². The molecule has 1 amide bonds. The summed E-state index contributed by atoms with van der Waals surface area (Å²) in [4.78, 5) is 32.8. The monoisotopic (exact) mass is 601 g/mol. The number of rotatable bonds is 7. The molecule has 2 fully saturated rings. The van der Waals surface area contributed by atoms with E-state index in [2.05, 4.69) is 28.2 Å². The number of piperazine rings is 1. The van der Waals surface area contributed by atoms with E-state index in [4.69, 9.17) is 16.3 Å². The van der Waals surface area contributed by atoms with Crippen molar-refractivity contribution in [3.63, 3.8) is 0 Å². The van der Waals surface area contributed by atoms with Gasteiger partial charge in [0.25, 0.3) is 0 Å². The molecule has 0 spiro atoms. The lowest BCUT2D eigenvalue weighted by atomic mass is 10.0. The van der Waals surface area contributed by atoms with Crippen LogP contribution in [0.25, 0.3) is 4.85 Å². The van der Waals surface area contributed by atoms with Crippen molar-refractivity contribution in [2.45, 2.75) is 50.5 Å². The van der Waals surface area contributed by atoms with Crippen molar-refractivity contribution in [2.75, 3.05) is 62.7 Å². The maximum absolute atomic E-state index is 14.4. The summed E-state index contributed by atoms with van der Waals surface area (Å²) in [7, 11) is 2.03. The summed E-state index contributed by atoms with van der Waals surface area (Å²) in [5.74, 6) is -0.988. The molecule has 1 aromatic carbocycles. The number of likely N-dealkylation sites (tertiary alicyclic amines) is 1. The first-order chi connectivity index (χ1) is 20.4. The number of likely N-dealkylation sites (N-methyl/N-ethyl adjacent to an activating group) is 1. The molecule has 1 unspecified atom stereocenters. The summed E-state index contributed by atoms with van der Waals surface area (Å²) in [5, 5.41) is 0. The standard InChI is InChI=1S/C30H35F4N7O2/c1-5-25(42)41-15-14-40(17-20(41)16-35-3)27-21-10-13-39(24-9-6-8-22(31)26(24)30(32,33)34)18-23(21)36-28(37-27)43-19-29(2)11-7-12-38(29)4/h5-6,8-9,20H,1,7,10-19H2,2,4H3/t20?,29-/m1/s1. The van der Waals surface area contributed by atoms with Gasteiger partial charge in [-0.1, -0.05) is 12.6 Å². The SMILES string of the molecule is [C-]#[N+]CC1CN(c2nc(OC[C@@]3(C)CCCN3C)nc3c2CCN(c2cccc(F)c2C(F)(F)F)C3)CCN1C(=O)C=C. The Hall–Kier alpha value is -3.92. The molecule has 43 heavy (non-hydrogen) atoms. The summed E-state index contributed by atoms with van der Waals surface area (Å²) >= 11 is 0. The van der Waals surface area contributed by atoms with Gasteiger partial charge in [-0.05, 0) is 58.0 Å². The molecule has 13 heteroatoms. The first kappa shape index (κ1) is 30.5. The number of aromatic nitrogens is 2. The van der Waals surface area contributed by atoms with Gasteiger partial charge in [0.2, 0.25) is 12.5 Å². The van der Waals surface area contributed by atoms with Gasteiger partial charge < -0.3 is 24.3 Å². The Morgan fingerprint density at radius 2 is 2.02 bits per heavy atom. The molecule has 5 rings (SSSR count). The van der Waals surface area contributed by atoms with E-state index in [-0.39, 0.29) is 48.8 Å². The number of carbonyl (C=O) groups is 1. The highest BCUT2D eigenvalue weighted by Gasteiger charge is 2.40. The van der Waals surface area contributed by atoms with Crippen molar-refractivity contribution in [2.24, 2.45) is 0 Å². The van der Waals surface area contributed by atoms with Crippen LogP contribution in [0, 0.1) is 12.4 Å². The molecule has 3 aliphatic rings. The zero-order valence-corrected chi connectivity index (χ0v) is 24.3. The van der Waals surface area contributed by atoms with Crippen molar-refractivity contribution in [1.82, 2.24) is 19.8 Å². The van der Waals surface area contributed by atoms with E-state index in [0.29, 0.717) is 44.2 Å². The Bertz CT molecular complexity index is 1430. The first-order valence-electron chi connectivity index (χ1n) is 14.3. The lowest BCUT2D eigenvalue weighted by molar-refractivity contribution is -0.139. The number of ether oxygens (including phenoxy) is 1. The molecule has 1 aromatic heterocycles. The van der Waals surface area contributed by atoms with Crippen LogP contribution in [0.5, 0.6) is 6.01 Å². The Kier molecular flexibility index (Phi) is 8.51. The van der Waals surface area contributed by atoms with Crippen LogP contribution in [0.15, 0.2) is 30.9 Å². The maximum Gasteiger partial charge on any atom is 0.421 e. The Labute approximate surface area is 248 Å². The second-order valence-electron chi connectivity index (χ2n) is 11.5. The highest BCUT2D eigenvalue weighted by atomic mass is 19.4. The fourth-order valence-corrected chi connectivity index (χ4v) is 6.25. The number of amides is 1. The number of hydrogen-bond acceptors (Lipinski definition) is 7. The van der Waals surface area contributed by atoms with Gasteiger partial charge in [-0.15, -0.1) is 0 Å². The fourth-order valence-electron chi connectivity index (χ4n) is 6.25. The van der Waals surface area contributed by atoms with Gasteiger partial charge in [-0.2, -0.15) is 23.1 Å². The van der Waals surface area contributed by atoms with Crippen LogP contribution in [0.1, 0.15) is 36.6 Å². The van der Waals surface area contributed by atoms with Crippen LogP contribution >= 0.6 is 0 Å². The van der Waals surface area contributed by atoms with Gasteiger partial charge in [0.1, 0.15) is 29.8 Å². The molecule has 2 atom stereocenters. The van der Waals surface area contributed by atoms with E-state index < -0.39 is 17.6 Å². The van der Waals surface area contributed by atoms with Crippen molar-refractivity contribution >= 4 is 17.4 Å². The summed E-state index contributed by atoms with van der Waals surface area (Å²) in [6, 6.07) is 3.08. The fraction of sp³-hybridized carbons (Fsp3) is 0.533. The van der Waals surface area contributed by atoms with Crippen LogP contribution in [-0.4, -0.2) is 90.2 Å². The normalized spacial score (nSPS) is 22.7. The summed E-state index contributed by atoms with van der Waals surface area (Å²) in [6.07, 6.45) is -1.34. The van der Waals surface area contributed by atoms with Crippen molar-refractivity contribution in [1.29, 1.82) is 0 Å². The molecule has 2 aromatic rings. The van der Waals surface area contributed by atoms with E-state index in [1.807, 2.05) is 11.9 Å². The van der Waals surface area contributed by atoms with Gasteiger partial charge in [0, 0.05) is 31.7 Å². The van der Waals surface area contributed by atoms with E-state index in [1.165, 1.54) is 23.1 Å². The molecule has 0 aliphatic carbocycles. The molecule has 9 nitrogen and oxygen atoms in total. The van der Waals surface area contributed by atoms with Crippen LogP contribution < -0.4 is 14.5 Å². The second-order valence-corrected chi connectivity index (χ2v) is 11.5. The Morgan fingerprint density at radius 3 is 2.70 bits per heavy atom. The summed E-state index contributed by atoms with van der Waals surface area (Å²) in [6.45, 7) is 15.8. The quantitative estimate of drug-likeness (QED) is 0.268. The van der Waals surface area contributed by atoms with Crippen LogP contribution in [-0.2, 0) is 23.9 Å². The minimum absolute atomic E-state index is 0.00527. The van der Waals surface area contributed by atoms with Gasteiger partial charge in [-0.3, -0.25) is 9.69 Å². The van der Waals surface area contributed by atoms with E-state index in [1.54, 1.807) is 4.90 Å². The number of anilines is 2. The molecular formula is C30H35F4N7O2. The van der Waals surface area contributed by atoms with Crippen molar-refractivity contribution in [3.05, 3.63) is 64.9 Å². The zero-order chi connectivity index (χ0) is 30.9. The van der Waals surface area contributed by atoms with Gasteiger partial charge in [0.05, 0.1) is 23.5 Å². The average Bonchev–Trinajstić information content (AvgIpc) is 3.31. The van der Waals surface area contributed by atoms with Gasteiger partial charge in [0.15, 0.2) is 0 Å². The predicted molar refractivity (Wildman–Crippen MR) is 153 cm³/mol. The highest BCUT2D eigenvalue weighted by Crippen LogP contribution is 2.41. The molecule has 0 bridgehead atoms. The van der Waals surface area contributed by atoms with Gasteiger partial charge >= 0.3 is 12.2 Å². The number of alkyl halides is 3. The van der Waals surface area contributed by atoms with Crippen LogP contribution in [0.3, 0.4) is 0 Å². The number of hydrogen-bond donors (Lipinski definition) is 0. The van der Waals surface area contributed by atoms with Crippen LogP contribution in [0.2, 0.25) is 0 Å². The predicted octanol–water partition coefficient (Wildman–Crippen LogP) is 4.18. The van der Waals surface area contributed by atoms with E-state index >= 15 is 0 Å². The third-order valence-electron chi connectivity index (χ3n) is 8.82. The molecule has 4 heterocycles. The minimum Gasteiger partial charge on any atom is -0.461 e. The minimum atomic E-state index is -4.87. The first-order valence-corrected chi connectivity index (χ1v) is 14.3. The number of carbonyl (C=O) groups excluding carboxylic acids is 1. The third-order valence-corrected chi connectivity index (χ3v) is 8.82. The molecule has 0 N–H and O–H groups in total. The largest absolute Gasteiger partial charge is 0.461 e. The molecular weight excluding hydrogens is 566 g/mol. The Morgan fingerprint density at radius 1 is 1.23 bits per heavy atom. The molecule has 2 saturated heterocycles. The summed E-state index contributed by atoms with van der Waals surface area (Å²) < 4.78 is 62.3. The molecule has 0 radical (unpaired) electrons.